The fourth-order valence-electron chi connectivity index (χ4n) is 2.84. The molecule has 1 aromatic rings. The molecule has 3 rings (SSSR count). The number of nitrogens with zero attached hydrogens (tertiary/aromatic N) is 1. The van der Waals surface area contributed by atoms with Gasteiger partial charge in [-0.15, -0.1) is 0 Å². The number of rotatable bonds is 3. The lowest BCUT2D eigenvalue weighted by molar-refractivity contribution is -0.131. The highest BCUT2D eigenvalue weighted by Crippen LogP contribution is 2.34. The number of anilines is 1. The van der Waals surface area contributed by atoms with Gasteiger partial charge in [0, 0.05) is 23.8 Å². The maximum atomic E-state index is 9.53. The van der Waals surface area contributed by atoms with Crippen molar-refractivity contribution in [3.8, 4) is 0 Å². The standard InChI is InChI=1S/C14H18ClNO2/c15-12-3-4-13-11(6-12)2-1-5-16(13)7-14(8-17)9-18-10-14/h3-4,6,17H,1-2,5,7-10H2. The Hall–Kier alpha value is -0.770. The van der Waals surface area contributed by atoms with Crippen molar-refractivity contribution in [1.82, 2.24) is 0 Å². The van der Waals surface area contributed by atoms with Crippen molar-refractivity contribution >= 4 is 17.3 Å². The Bertz CT molecular complexity index is 440. The molecule has 3 nitrogen and oxygen atoms in total. The maximum absolute atomic E-state index is 9.53. The van der Waals surface area contributed by atoms with Crippen LogP contribution < -0.4 is 4.90 Å². The summed E-state index contributed by atoms with van der Waals surface area (Å²) in [7, 11) is 0. The fraction of sp³-hybridized carbons (Fsp3) is 0.571. The van der Waals surface area contributed by atoms with Gasteiger partial charge >= 0.3 is 0 Å². The summed E-state index contributed by atoms with van der Waals surface area (Å²) in [6.45, 7) is 3.47. The molecule has 0 amide bonds. The van der Waals surface area contributed by atoms with E-state index in [1.54, 1.807) is 0 Å². The van der Waals surface area contributed by atoms with Crippen LogP contribution in [0.3, 0.4) is 0 Å². The summed E-state index contributed by atoms with van der Waals surface area (Å²) in [6.07, 6.45) is 2.24. The number of hydrogen-bond donors (Lipinski definition) is 1. The minimum absolute atomic E-state index is 0.0613. The summed E-state index contributed by atoms with van der Waals surface area (Å²) < 4.78 is 5.27. The molecule has 2 heterocycles. The van der Waals surface area contributed by atoms with Crippen LogP contribution in [0.25, 0.3) is 0 Å². The van der Waals surface area contributed by atoms with Crippen LogP contribution in [0.4, 0.5) is 5.69 Å². The highest BCUT2D eigenvalue weighted by molar-refractivity contribution is 6.30. The van der Waals surface area contributed by atoms with Crippen molar-refractivity contribution in [3.05, 3.63) is 28.8 Å². The predicted molar refractivity (Wildman–Crippen MR) is 72.3 cm³/mol. The minimum atomic E-state index is -0.0613. The first-order valence-electron chi connectivity index (χ1n) is 6.44. The van der Waals surface area contributed by atoms with E-state index < -0.39 is 0 Å². The molecule has 1 aromatic carbocycles. The van der Waals surface area contributed by atoms with Crippen molar-refractivity contribution in [2.24, 2.45) is 5.41 Å². The summed E-state index contributed by atoms with van der Waals surface area (Å²) in [5, 5.41) is 10.3. The number of benzene rings is 1. The molecule has 0 aromatic heterocycles. The molecule has 1 N–H and O–H groups in total. The zero-order chi connectivity index (χ0) is 12.6. The van der Waals surface area contributed by atoms with Crippen molar-refractivity contribution in [2.45, 2.75) is 12.8 Å². The summed E-state index contributed by atoms with van der Waals surface area (Å²) in [6, 6.07) is 6.11. The van der Waals surface area contributed by atoms with Gasteiger partial charge in [-0.2, -0.15) is 0 Å². The fourth-order valence-corrected chi connectivity index (χ4v) is 3.03. The molecule has 0 unspecified atom stereocenters. The summed E-state index contributed by atoms with van der Waals surface area (Å²) in [4.78, 5) is 2.37. The van der Waals surface area contributed by atoms with Gasteiger partial charge in [-0.05, 0) is 36.6 Å². The molecule has 18 heavy (non-hydrogen) atoms. The Balaban J connectivity index is 1.83. The lowest BCUT2D eigenvalue weighted by Gasteiger charge is -2.45. The molecule has 1 saturated heterocycles. The molecule has 4 heteroatoms. The van der Waals surface area contributed by atoms with E-state index in [4.69, 9.17) is 16.3 Å². The predicted octanol–water partition coefficient (Wildman–Crippen LogP) is 2.10. The van der Waals surface area contributed by atoms with E-state index in [9.17, 15) is 5.11 Å². The Morgan fingerprint density at radius 3 is 2.89 bits per heavy atom. The van der Waals surface area contributed by atoms with Gasteiger partial charge in [-0.3, -0.25) is 0 Å². The molecular weight excluding hydrogens is 250 g/mol. The largest absolute Gasteiger partial charge is 0.396 e. The van der Waals surface area contributed by atoms with E-state index in [1.165, 1.54) is 11.3 Å². The Morgan fingerprint density at radius 2 is 2.22 bits per heavy atom. The van der Waals surface area contributed by atoms with Gasteiger partial charge in [-0.1, -0.05) is 11.6 Å². The average Bonchev–Trinajstić information content (AvgIpc) is 2.33. The third kappa shape index (κ3) is 2.11. The second-order valence-corrected chi connectivity index (χ2v) is 5.89. The van der Waals surface area contributed by atoms with E-state index in [0.717, 1.165) is 31.0 Å². The molecule has 0 radical (unpaired) electrons. The third-order valence-electron chi connectivity index (χ3n) is 3.93. The highest BCUT2D eigenvalue weighted by Gasteiger charge is 2.40. The SMILES string of the molecule is OCC1(CN2CCCc3cc(Cl)ccc32)COC1. The molecule has 0 saturated carbocycles. The van der Waals surface area contributed by atoms with Crippen LogP contribution in [0.15, 0.2) is 18.2 Å². The Labute approximate surface area is 112 Å². The highest BCUT2D eigenvalue weighted by atomic mass is 35.5. The third-order valence-corrected chi connectivity index (χ3v) is 4.17. The maximum Gasteiger partial charge on any atom is 0.0584 e. The van der Waals surface area contributed by atoms with Gasteiger partial charge in [0.05, 0.1) is 25.2 Å². The number of aliphatic hydroxyl groups is 1. The smallest absolute Gasteiger partial charge is 0.0584 e. The van der Waals surface area contributed by atoms with E-state index in [2.05, 4.69) is 17.0 Å². The first kappa shape index (κ1) is 12.3. The average molecular weight is 268 g/mol. The number of aryl methyl sites for hydroxylation is 1. The molecular formula is C14H18ClNO2. The van der Waals surface area contributed by atoms with Crippen molar-refractivity contribution < 1.29 is 9.84 Å². The first-order valence-corrected chi connectivity index (χ1v) is 6.82. The quantitative estimate of drug-likeness (QED) is 0.910. The molecule has 0 aliphatic carbocycles. The summed E-state index contributed by atoms with van der Waals surface area (Å²) in [5.74, 6) is 0. The van der Waals surface area contributed by atoms with E-state index in [0.29, 0.717) is 13.2 Å². The second-order valence-electron chi connectivity index (χ2n) is 5.45. The Kier molecular flexibility index (Phi) is 3.22. The van der Waals surface area contributed by atoms with Crippen LogP contribution in [-0.2, 0) is 11.2 Å². The zero-order valence-corrected chi connectivity index (χ0v) is 11.1. The van der Waals surface area contributed by atoms with Crippen molar-refractivity contribution in [2.75, 3.05) is 37.8 Å². The molecule has 0 spiro atoms. The topological polar surface area (TPSA) is 32.7 Å². The lowest BCUT2D eigenvalue weighted by atomic mass is 9.85. The number of ether oxygens (including phenoxy) is 1. The van der Waals surface area contributed by atoms with Crippen molar-refractivity contribution in [3.63, 3.8) is 0 Å². The summed E-state index contributed by atoms with van der Waals surface area (Å²) in [5.41, 5.74) is 2.53. The minimum Gasteiger partial charge on any atom is -0.396 e. The van der Waals surface area contributed by atoms with Crippen LogP contribution in [0.1, 0.15) is 12.0 Å². The first-order chi connectivity index (χ1) is 8.72. The van der Waals surface area contributed by atoms with Crippen LogP contribution >= 0.6 is 11.6 Å². The Morgan fingerprint density at radius 1 is 1.39 bits per heavy atom. The van der Waals surface area contributed by atoms with Crippen molar-refractivity contribution in [1.29, 1.82) is 0 Å². The van der Waals surface area contributed by atoms with Crippen LogP contribution in [0.5, 0.6) is 0 Å². The molecule has 2 aliphatic rings. The van der Waals surface area contributed by atoms with Crippen LogP contribution in [0.2, 0.25) is 5.02 Å². The zero-order valence-electron chi connectivity index (χ0n) is 10.4. The van der Waals surface area contributed by atoms with Gasteiger partial charge in [0.1, 0.15) is 0 Å². The normalized spacial score (nSPS) is 21.3. The van der Waals surface area contributed by atoms with Gasteiger partial charge in [0.15, 0.2) is 0 Å². The van der Waals surface area contributed by atoms with Gasteiger partial charge in [-0.25, -0.2) is 0 Å². The molecule has 1 fully saturated rings. The number of halogens is 1. The van der Waals surface area contributed by atoms with E-state index >= 15 is 0 Å². The molecule has 2 aliphatic heterocycles. The van der Waals surface area contributed by atoms with Gasteiger partial charge in [0.2, 0.25) is 0 Å². The summed E-state index contributed by atoms with van der Waals surface area (Å²) >= 11 is 6.04. The van der Waals surface area contributed by atoms with E-state index in [-0.39, 0.29) is 12.0 Å². The molecule has 0 atom stereocenters. The monoisotopic (exact) mass is 267 g/mol. The number of fused-ring (bicyclic) bond motifs is 1. The van der Waals surface area contributed by atoms with E-state index in [1.807, 2.05) is 6.07 Å². The van der Waals surface area contributed by atoms with Crippen LogP contribution in [-0.4, -0.2) is 38.0 Å². The van der Waals surface area contributed by atoms with Gasteiger partial charge in [0.25, 0.3) is 0 Å². The lowest BCUT2D eigenvalue weighted by Crippen LogP contribution is -2.54. The number of aliphatic hydroxyl groups excluding tert-OH is 1. The van der Waals surface area contributed by atoms with Crippen LogP contribution in [0, 0.1) is 5.41 Å². The molecule has 98 valence electrons. The molecule has 0 bridgehead atoms. The number of hydrogen-bond acceptors (Lipinski definition) is 3. The second kappa shape index (κ2) is 4.72. The van der Waals surface area contributed by atoms with Gasteiger partial charge < -0.3 is 14.7 Å².